The summed E-state index contributed by atoms with van der Waals surface area (Å²) in [7, 11) is 5.62. The number of aliphatic imine (C=N–C) groups is 1. The van der Waals surface area contributed by atoms with Gasteiger partial charge in [0.1, 0.15) is 11.1 Å². The van der Waals surface area contributed by atoms with E-state index in [1.54, 1.807) is 18.4 Å². The van der Waals surface area contributed by atoms with Gasteiger partial charge in [-0.2, -0.15) is 0 Å². The lowest BCUT2D eigenvalue weighted by atomic mass is 9.92. The average molecular weight is 538 g/mol. The minimum atomic E-state index is 0. The first-order valence-electron chi connectivity index (χ1n) is 10.5. The van der Waals surface area contributed by atoms with Crippen molar-refractivity contribution < 1.29 is 4.74 Å². The lowest BCUT2D eigenvalue weighted by Gasteiger charge is -2.35. The highest BCUT2D eigenvalue weighted by atomic mass is 127. The van der Waals surface area contributed by atoms with E-state index in [-0.39, 0.29) is 30.1 Å². The minimum Gasteiger partial charge on any atom is -0.375 e. The molecule has 1 saturated heterocycles. The summed E-state index contributed by atoms with van der Waals surface area (Å²) in [5.74, 6) is 2.61. The van der Waals surface area contributed by atoms with Crippen molar-refractivity contribution in [1.82, 2.24) is 20.1 Å². The zero-order chi connectivity index (χ0) is 20.5. The second-order valence-corrected chi connectivity index (χ2v) is 9.19. The van der Waals surface area contributed by atoms with Crippen LogP contribution in [0.15, 0.2) is 10.4 Å². The molecule has 1 aliphatic rings. The minimum absolute atomic E-state index is 0. The Morgan fingerprint density at radius 3 is 2.69 bits per heavy atom. The molecule has 3 atom stereocenters. The normalized spacial score (nSPS) is 21.5. The van der Waals surface area contributed by atoms with E-state index in [1.807, 2.05) is 14.0 Å². The lowest BCUT2D eigenvalue weighted by molar-refractivity contribution is 0.119. The van der Waals surface area contributed by atoms with E-state index < -0.39 is 0 Å². The number of ether oxygens (including phenoxy) is 1. The van der Waals surface area contributed by atoms with Crippen molar-refractivity contribution in [2.45, 2.75) is 52.7 Å². The molecular weight excluding hydrogens is 497 g/mol. The highest BCUT2D eigenvalue weighted by molar-refractivity contribution is 14.0. The van der Waals surface area contributed by atoms with Crippen LogP contribution in [-0.4, -0.2) is 68.1 Å². The molecule has 0 radical (unpaired) electrons. The second-order valence-electron chi connectivity index (χ2n) is 8.30. The Morgan fingerprint density at radius 1 is 1.38 bits per heavy atom. The molecule has 2 heterocycles. The molecule has 3 unspecified atom stereocenters. The molecule has 168 valence electrons. The summed E-state index contributed by atoms with van der Waals surface area (Å²) in [4.78, 5) is 13.9. The van der Waals surface area contributed by atoms with Gasteiger partial charge in [-0.3, -0.25) is 4.99 Å². The van der Waals surface area contributed by atoms with E-state index in [9.17, 15) is 0 Å². The smallest absolute Gasteiger partial charge is 0.193 e. The number of halogens is 1. The van der Waals surface area contributed by atoms with Gasteiger partial charge in [-0.25, -0.2) is 4.98 Å². The van der Waals surface area contributed by atoms with Crippen LogP contribution >= 0.6 is 35.3 Å². The van der Waals surface area contributed by atoms with Crippen LogP contribution in [0.1, 0.15) is 56.8 Å². The Balaban J connectivity index is 0.00000420. The Kier molecular flexibility index (Phi) is 12.6. The Bertz CT molecular complexity index is 602. The number of guanidine groups is 1. The molecular formula is C21H40IN5OS. The number of likely N-dealkylation sites (tertiary alicyclic amines) is 1. The number of thiazole rings is 1. The predicted octanol–water partition coefficient (Wildman–Crippen LogP) is 4.23. The molecule has 0 aliphatic carbocycles. The van der Waals surface area contributed by atoms with Crippen LogP contribution in [0.4, 0.5) is 0 Å². The molecule has 1 aliphatic heterocycles. The van der Waals surface area contributed by atoms with Crippen LogP contribution in [0.2, 0.25) is 0 Å². The highest BCUT2D eigenvalue weighted by Crippen LogP contribution is 2.22. The molecule has 0 spiro atoms. The van der Waals surface area contributed by atoms with Crippen LogP contribution in [0, 0.1) is 11.8 Å². The first-order chi connectivity index (χ1) is 13.4. The van der Waals surface area contributed by atoms with Gasteiger partial charge >= 0.3 is 0 Å². The Morgan fingerprint density at radius 2 is 2.07 bits per heavy atom. The molecule has 2 rings (SSSR count). The molecule has 6 nitrogen and oxygen atoms in total. The van der Waals surface area contributed by atoms with Gasteiger partial charge in [0.2, 0.25) is 0 Å². The van der Waals surface area contributed by atoms with Crippen molar-refractivity contribution in [3.8, 4) is 0 Å². The lowest BCUT2D eigenvalue weighted by Crippen LogP contribution is -2.40. The number of hydrogen-bond acceptors (Lipinski definition) is 5. The maximum atomic E-state index is 5.35. The van der Waals surface area contributed by atoms with Crippen molar-refractivity contribution in [3.63, 3.8) is 0 Å². The topological polar surface area (TPSA) is 53.0 Å². The van der Waals surface area contributed by atoms with Gasteiger partial charge in [0.25, 0.3) is 0 Å². The number of nitrogens with one attached hydrogen (secondary N) is 1. The van der Waals surface area contributed by atoms with Gasteiger partial charge in [0.15, 0.2) is 5.96 Å². The number of piperidine rings is 1. The molecule has 0 amide bonds. The number of unbranched alkanes of at least 4 members (excludes halogenated alkanes) is 1. The van der Waals surface area contributed by atoms with Gasteiger partial charge in [-0.1, -0.05) is 13.8 Å². The summed E-state index contributed by atoms with van der Waals surface area (Å²) in [6.07, 6.45) is 3.83. The highest BCUT2D eigenvalue weighted by Gasteiger charge is 2.21. The number of rotatable bonds is 9. The summed E-state index contributed by atoms with van der Waals surface area (Å²) in [5, 5.41) is 6.62. The fraction of sp³-hybridized carbons (Fsp3) is 0.810. The fourth-order valence-corrected chi connectivity index (χ4v) is 4.86. The summed E-state index contributed by atoms with van der Waals surface area (Å²) >= 11 is 1.65. The standard InChI is InChI=1S/C21H39N5OS.HI/c1-16-11-17(2)13-26(12-16)10-8-7-9-23-21(22-4)25(5)14-19-15-28-20(24-19)18(3)27-6;/h15-18H,7-14H2,1-6H3,(H,22,23);1H. The maximum Gasteiger partial charge on any atom is 0.193 e. The van der Waals surface area contributed by atoms with Crippen molar-refractivity contribution in [1.29, 1.82) is 0 Å². The number of methoxy groups -OCH3 is 1. The van der Waals surface area contributed by atoms with Gasteiger partial charge in [0, 0.05) is 46.2 Å². The zero-order valence-electron chi connectivity index (χ0n) is 19.0. The molecule has 1 aromatic heterocycles. The molecule has 29 heavy (non-hydrogen) atoms. The largest absolute Gasteiger partial charge is 0.375 e. The first-order valence-corrected chi connectivity index (χ1v) is 11.4. The van der Waals surface area contributed by atoms with Crippen molar-refractivity contribution in [3.05, 3.63) is 16.1 Å². The van der Waals surface area contributed by atoms with Crippen molar-refractivity contribution in [2.24, 2.45) is 16.8 Å². The molecule has 1 N–H and O–H groups in total. The van der Waals surface area contributed by atoms with Crippen molar-refractivity contribution >= 4 is 41.3 Å². The quantitative estimate of drug-likeness (QED) is 0.221. The van der Waals surface area contributed by atoms with Crippen molar-refractivity contribution in [2.75, 3.05) is 47.4 Å². The summed E-state index contributed by atoms with van der Waals surface area (Å²) < 4.78 is 5.35. The van der Waals surface area contributed by atoms with Gasteiger partial charge in [0.05, 0.1) is 12.2 Å². The second kappa shape index (κ2) is 13.8. The Hall–Kier alpha value is -0.450. The molecule has 1 aromatic rings. The number of hydrogen-bond donors (Lipinski definition) is 1. The number of aromatic nitrogens is 1. The molecule has 0 aromatic carbocycles. The van der Waals surface area contributed by atoms with Crippen LogP contribution in [0.25, 0.3) is 0 Å². The Labute approximate surface area is 198 Å². The van der Waals surface area contributed by atoms with Gasteiger partial charge in [-0.15, -0.1) is 35.3 Å². The van der Waals surface area contributed by atoms with E-state index in [1.165, 1.54) is 38.9 Å². The molecule has 8 heteroatoms. The van der Waals surface area contributed by atoms with Crippen LogP contribution in [0.3, 0.4) is 0 Å². The van der Waals surface area contributed by atoms with Gasteiger partial charge in [-0.05, 0) is 44.6 Å². The predicted molar refractivity (Wildman–Crippen MR) is 134 cm³/mol. The van der Waals surface area contributed by atoms with E-state index in [4.69, 9.17) is 4.74 Å². The third-order valence-corrected chi connectivity index (χ3v) is 6.43. The van der Waals surface area contributed by atoms with E-state index in [2.05, 4.69) is 51.4 Å². The summed E-state index contributed by atoms with van der Waals surface area (Å²) in [6, 6.07) is 0. The maximum absolute atomic E-state index is 5.35. The van der Waals surface area contributed by atoms with Crippen LogP contribution < -0.4 is 5.32 Å². The third kappa shape index (κ3) is 9.06. The van der Waals surface area contributed by atoms with Crippen LogP contribution in [0.5, 0.6) is 0 Å². The SMILES string of the molecule is CN=C(NCCCCN1CC(C)CC(C)C1)N(C)Cc1csc(C(C)OC)n1.I. The zero-order valence-corrected chi connectivity index (χ0v) is 22.1. The average Bonchev–Trinajstić information content (AvgIpc) is 3.11. The summed E-state index contributed by atoms with van der Waals surface area (Å²) in [5.41, 5.74) is 1.06. The summed E-state index contributed by atoms with van der Waals surface area (Å²) in [6.45, 7) is 12.2. The third-order valence-electron chi connectivity index (χ3n) is 5.37. The first kappa shape index (κ1) is 26.6. The van der Waals surface area contributed by atoms with E-state index in [0.717, 1.165) is 41.6 Å². The molecule has 1 fully saturated rings. The van der Waals surface area contributed by atoms with Gasteiger partial charge < -0.3 is 19.9 Å². The number of nitrogens with zero attached hydrogens (tertiary/aromatic N) is 4. The monoisotopic (exact) mass is 537 g/mol. The molecule has 0 saturated carbocycles. The fourth-order valence-electron chi connectivity index (χ4n) is 4.02. The van der Waals surface area contributed by atoms with Crippen LogP contribution in [-0.2, 0) is 11.3 Å². The van der Waals surface area contributed by atoms with E-state index in [0.29, 0.717) is 0 Å². The van der Waals surface area contributed by atoms with E-state index >= 15 is 0 Å². The molecule has 0 bridgehead atoms.